The summed E-state index contributed by atoms with van der Waals surface area (Å²) in [4.78, 5) is 18.4. The van der Waals surface area contributed by atoms with Crippen molar-refractivity contribution in [2.24, 2.45) is 5.73 Å². The molecule has 0 amide bonds. The molecule has 2 heterocycles. The fourth-order valence-corrected chi connectivity index (χ4v) is 1.89. The summed E-state index contributed by atoms with van der Waals surface area (Å²) in [6.07, 6.45) is 6.01. The number of carboxylic acids is 1. The summed E-state index contributed by atoms with van der Waals surface area (Å²) in [7, 11) is 0. The van der Waals surface area contributed by atoms with Gasteiger partial charge in [0.25, 0.3) is 0 Å². The van der Waals surface area contributed by atoms with Crippen LogP contribution in [0.2, 0.25) is 0 Å². The molecule has 1 atom stereocenters. The molecule has 0 aromatic carbocycles. The van der Waals surface area contributed by atoms with Gasteiger partial charge in [-0.05, 0) is 42.7 Å². The van der Waals surface area contributed by atoms with E-state index in [9.17, 15) is 4.79 Å². The van der Waals surface area contributed by atoms with E-state index in [1.54, 1.807) is 24.2 Å². The Bertz CT molecular complexity index is 500. The van der Waals surface area contributed by atoms with Crippen LogP contribution in [0, 0.1) is 0 Å². The average Bonchev–Trinajstić information content (AvgIpc) is 2.54. The van der Waals surface area contributed by atoms with E-state index in [1.807, 2.05) is 42.7 Å². The summed E-state index contributed by atoms with van der Waals surface area (Å²) in [6, 6.07) is 10.9. The fourth-order valence-electron chi connectivity index (χ4n) is 1.40. The molecule has 0 fully saturated rings. The number of carbonyl (C=O) groups is 1. The molecule has 0 aliphatic carbocycles. The Morgan fingerprint density at radius 1 is 1.08 bits per heavy atom. The van der Waals surface area contributed by atoms with Crippen molar-refractivity contribution in [2.45, 2.75) is 12.5 Å². The van der Waals surface area contributed by atoms with E-state index in [0.717, 1.165) is 17.1 Å². The SMILES string of the molecule is CSCCC(N)C(=O)O.O.O.O.[Ru].c1ccc(-c2ccccn2)nc1. The van der Waals surface area contributed by atoms with Crippen molar-refractivity contribution in [3.63, 3.8) is 0 Å². The minimum absolute atomic E-state index is 0. The molecule has 2 aromatic heterocycles. The summed E-state index contributed by atoms with van der Waals surface area (Å²) in [5.74, 6) is -0.1000. The van der Waals surface area contributed by atoms with E-state index in [0.29, 0.717) is 6.42 Å². The van der Waals surface area contributed by atoms with Gasteiger partial charge in [0, 0.05) is 31.9 Å². The maximum Gasteiger partial charge on any atom is 0.320 e. The van der Waals surface area contributed by atoms with Crippen LogP contribution in [-0.2, 0) is 24.3 Å². The van der Waals surface area contributed by atoms with Gasteiger partial charge >= 0.3 is 5.97 Å². The number of carboxylic acid groups (broad SMARTS) is 1. The molecule has 0 spiro atoms. The molecular weight excluding hydrogens is 435 g/mol. The Hall–Kier alpha value is -1.42. The van der Waals surface area contributed by atoms with Crippen LogP contribution in [0.5, 0.6) is 0 Å². The minimum Gasteiger partial charge on any atom is -0.480 e. The summed E-state index contributed by atoms with van der Waals surface area (Å²) in [6.45, 7) is 0. The van der Waals surface area contributed by atoms with E-state index in [4.69, 9.17) is 10.8 Å². The summed E-state index contributed by atoms with van der Waals surface area (Å²) >= 11 is 1.60. The maximum atomic E-state index is 10.1. The molecule has 0 bridgehead atoms. The molecule has 2 aromatic rings. The van der Waals surface area contributed by atoms with Crippen LogP contribution in [0.25, 0.3) is 11.4 Å². The topological polar surface area (TPSA) is 184 Å². The van der Waals surface area contributed by atoms with Crippen molar-refractivity contribution in [2.75, 3.05) is 12.0 Å². The van der Waals surface area contributed by atoms with Crippen LogP contribution >= 0.6 is 11.8 Å². The molecule has 9 N–H and O–H groups in total. The predicted molar refractivity (Wildman–Crippen MR) is 96.9 cm³/mol. The summed E-state index contributed by atoms with van der Waals surface area (Å²) in [5.41, 5.74) is 7.02. The number of thioether (sulfide) groups is 1. The third-order valence-electron chi connectivity index (χ3n) is 2.54. The smallest absolute Gasteiger partial charge is 0.320 e. The van der Waals surface area contributed by atoms with Crippen LogP contribution in [0.15, 0.2) is 48.8 Å². The van der Waals surface area contributed by atoms with Crippen LogP contribution in [0.1, 0.15) is 6.42 Å². The Morgan fingerprint density at radius 3 is 1.80 bits per heavy atom. The first kappa shape index (κ1) is 31.4. The molecule has 0 saturated heterocycles. The maximum absolute atomic E-state index is 10.1. The van der Waals surface area contributed by atoms with Gasteiger partial charge in [-0.1, -0.05) is 12.1 Å². The van der Waals surface area contributed by atoms with E-state index >= 15 is 0 Å². The Balaban J connectivity index is -0.000000157. The monoisotopic (exact) mass is 461 g/mol. The first-order valence-electron chi connectivity index (χ1n) is 6.45. The summed E-state index contributed by atoms with van der Waals surface area (Å²) in [5, 5.41) is 8.27. The molecule has 0 aliphatic heterocycles. The predicted octanol–water partition coefficient (Wildman–Crippen LogP) is -0.182. The number of rotatable bonds is 5. The van der Waals surface area contributed by atoms with Gasteiger partial charge in [0.1, 0.15) is 6.04 Å². The van der Waals surface area contributed by atoms with Crippen LogP contribution in [-0.4, -0.2) is 55.5 Å². The zero-order valence-electron chi connectivity index (χ0n) is 13.7. The molecule has 0 radical (unpaired) electrons. The Labute approximate surface area is 164 Å². The van der Waals surface area contributed by atoms with Gasteiger partial charge in [0.05, 0.1) is 11.4 Å². The molecule has 10 heteroatoms. The van der Waals surface area contributed by atoms with Gasteiger partial charge in [-0.3, -0.25) is 14.8 Å². The molecule has 0 aliphatic rings. The van der Waals surface area contributed by atoms with Gasteiger partial charge in [-0.25, -0.2) is 0 Å². The van der Waals surface area contributed by atoms with Crippen molar-refractivity contribution < 1.29 is 45.8 Å². The molecular formula is C15H25N3O5RuS. The van der Waals surface area contributed by atoms with E-state index in [2.05, 4.69) is 9.97 Å². The number of hydrogen-bond donors (Lipinski definition) is 2. The first-order chi connectivity index (χ1) is 10.1. The van der Waals surface area contributed by atoms with Crippen LogP contribution in [0.4, 0.5) is 0 Å². The van der Waals surface area contributed by atoms with Gasteiger partial charge in [-0.15, -0.1) is 0 Å². The number of nitrogens with zero attached hydrogens (tertiary/aromatic N) is 2. The van der Waals surface area contributed by atoms with Gasteiger partial charge < -0.3 is 27.3 Å². The number of pyridine rings is 2. The number of aliphatic carboxylic acids is 1. The van der Waals surface area contributed by atoms with E-state index in [1.165, 1.54) is 0 Å². The largest absolute Gasteiger partial charge is 0.480 e. The third-order valence-corrected chi connectivity index (χ3v) is 3.19. The van der Waals surface area contributed by atoms with Crippen molar-refractivity contribution >= 4 is 17.7 Å². The molecule has 2 rings (SSSR count). The third kappa shape index (κ3) is 13.5. The van der Waals surface area contributed by atoms with Gasteiger partial charge in [-0.2, -0.15) is 11.8 Å². The van der Waals surface area contributed by atoms with Crippen molar-refractivity contribution in [1.82, 2.24) is 9.97 Å². The van der Waals surface area contributed by atoms with Gasteiger partial charge in [0.2, 0.25) is 0 Å². The number of hydrogen-bond acceptors (Lipinski definition) is 5. The first-order valence-corrected chi connectivity index (χ1v) is 7.84. The molecule has 0 saturated carbocycles. The van der Waals surface area contributed by atoms with Crippen LogP contribution < -0.4 is 5.73 Å². The van der Waals surface area contributed by atoms with Crippen molar-refractivity contribution in [3.8, 4) is 11.4 Å². The minimum atomic E-state index is -0.913. The van der Waals surface area contributed by atoms with Crippen LogP contribution in [0.3, 0.4) is 0 Å². The average molecular weight is 461 g/mol. The van der Waals surface area contributed by atoms with Crippen molar-refractivity contribution in [1.29, 1.82) is 0 Å². The second-order valence-electron chi connectivity index (χ2n) is 4.16. The molecule has 8 nitrogen and oxygen atoms in total. The zero-order valence-corrected chi connectivity index (χ0v) is 16.3. The zero-order chi connectivity index (χ0) is 15.5. The number of aromatic nitrogens is 2. The molecule has 25 heavy (non-hydrogen) atoms. The van der Waals surface area contributed by atoms with Crippen molar-refractivity contribution in [3.05, 3.63) is 48.8 Å². The Kier molecular flexibility index (Phi) is 23.7. The van der Waals surface area contributed by atoms with E-state index < -0.39 is 12.0 Å². The standard InChI is InChI=1S/C10H8N2.C5H11NO2S.3H2O.Ru/c1-3-7-11-9(5-1)10-6-2-4-8-12-10;1-9-3-2-4(6)5(7)8;;;;/h1-8H;4H,2-3,6H2,1H3,(H,7,8);3*1H2;. The van der Waals surface area contributed by atoms with Gasteiger partial charge in [0.15, 0.2) is 0 Å². The Morgan fingerprint density at radius 2 is 1.52 bits per heavy atom. The second kappa shape index (κ2) is 18.9. The normalized spacial score (nSPS) is 9.36. The second-order valence-corrected chi connectivity index (χ2v) is 5.14. The van der Waals surface area contributed by atoms with E-state index in [-0.39, 0.29) is 35.9 Å². The quantitative estimate of drug-likeness (QED) is 0.583. The molecule has 144 valence electrons. The number of nitrogens with two attached hydrogens (primary N) is 1. The summed E-state index contributed by atoms with van der Waals surface area (Å²) < 4.78 is 0. The molecule has 1 unspecified atom stereocenters. The fraction of sp³-hybridized carbons (Fsp3) is 0.267.